The lowest BCUT2D eigenvalue weighted by molar-refractivity contribution is 0.332. The lowest BCUT2D eigenvalue weighted by Crippen LogP contribution is -2.37. The minimum absolute atomic E-state index is 0.00375. The smallest absolute Gasteiger partial charge is 0.224 e. The van der Waals surface area contributed by atoms with E-state index in [-0.39, 0.29) is 15.8 Å². The number of hydrogen-bond donors (Lipinski definition) is 1. The minimum atomic E-state index is -3.67. The molecule has 1 aromatic carbocycles. The summed E-state index contributed by atoms with van der Waals surface area (Å²) in [5.41, 5.74) is 0. The fraction of sp³-hybridized carbons (Fsp3) is 0.571. The predicted octanol–water partition coefficient (Wildman–Crippen LogP) is 1.95. The van der Waals surface area contributed by atoms with E-state index in [0.717, 1.165) is 31.9 Å². The summed E-state index contributed by atoms with van der Waals surface area (Å²) in [6.45, 7) is 2.17. The van der Waals surface area contributed by atoms with Crippen LogP contribution in [-0.4, -0.2) is 29.1 Å². The molecule has 0 atom stereocenters. The summed E-state index contributed by atoms with van der Waals surface area (Å²) in [7, 11) is -7.09. The molecule has 1 aromatic rings. The molecule has 1 aliphatic carbocycles. The molecule has 118 valence electrons. The molecule has 21 heavy (non-hydrogen) atoms. The van der Waals surface area contributed by atoms with Gasteiger partial charge >= 0.3 is 0 Å². The van der Waals surface area contributed by atoms with Gasteiger partial charge in [0.05, 0.1) is 9.79 Å². The van der Waals surface area contributed by atoms with Crippen molar-refractivity contribution in [3.8, 4) is 0 Å². The molecule has 0 amide bonds. The normalized spacial score (nSPS) is 23.9. The Balaban J connectivity index is 2.20. The van der Waals surface area contributed by atoms with Crippen LogP contribution in [0.15, 0.2) is 34.1 Å². The Bertz CT molecular complexity index is 702. The van der Waals surface area contributed by atoms with Gasteiger partial charge in [-0.3, -0.25) is 0 Å². The molecule has 0 radical (unpaired) electrons. The van der Waals surface area contributed by atoms with Crippen molar-refractivity contribution >= 4 is 19.9 Å². The topological polar surface area (TPSA) is 80.3 Å². The first-order chi connectivity index (χ1) is 9.68. The maximum Gasteiger partial charge on any atom is 0.240 e. The van der Waals surface area contributed by atoms with Crippen molar-refractivity contribution in [2.24, 2.45) is 5.92 Å². The Morgan fingerprint density at radius 3 is 2.14 bits per heavy atom. The molecule has 0 spiro atoms. The van der Waals surface area contributed by atoms with Gasteiger partial charge in [0, 0.05) is 12.3 Å². The number of rotatable bonds is 4. The third-order valence-electron chi connectivity index (χ3n) is 3.88. The first-order valence-electron chi connectivity index (χ1n) is 7.01. The summed E-state index contributed by atoms with van der Waals surface area (Å²) in [6.07, 6.45) is 4.74. The highest BCUT2D eigenvalue weighted by atomic mass is 32.2. The zero-order chi connectivity index (χ0) is 15.7. The van der Waals surface area contributed by atoms with Gasteiger partial charge in [0.25, 0.3) is 0 Å². The molecule has 0 saturated heterocycles. The Morgan fingerprint density at radius 1 is 1.00 bits per heavy atom. The van der Waals surface area contributed by atoms with Crippen molar-refractivity contribution in [2.75, 3.05) is 6.26 Å². The number of sulfonamides is 1. The van der Waals surface area contributed by atoms with Crippen molar-refractivity contribution < 1.29 is 16.8 Å². The van der Waals surface area contributed by atoms with E-state index in [1.165, 1.54) is 24.3 Å². The van der Waals surface area contributed by atoms with E-state index in [2.05, 4.69) is 11.6 Å². The maximum atomic E-state index is 12.4. The standard InChI is InChI=1S/C14H21NO4S2/c1-11-6-8-12(9-7-11)15-21(18,19)14-5-3-4-13(10-14)20(2,16)17/h3-5,10-12,15H,6-9H2,1-2H3. The summed E-state index contributed by atoms with van der Waals surface area (Å²) in [4.78, 5) is 0.0201. The first kappa shape index (κ1) is 16.5. The Kier molecular flexibility index (Phi) is 4.75. The van der Waals surface area contributed by atoms with Crippen LogP contribution in [0.25, 0.3) is 0 Å². The lowest BCUT2D eigenvalue weighted by atomic mass is 9.88. The molecule has 0 aromatic heterocycles. The highest BCUT2D eigenvalue weighted by Crippen LogP contribution is 2.25. The van der Waals surface area contributed by atoms with Crippen LogP contribution in [0.3, 0.4) is 0 Å². The number of hydrogen-bond acceptors (Lipinski definition) is 4. The molecule has 0 unspecified atom stereocenters. The van der Waals surface area contributed by atoms with E-state index in [1.54, 1.807) is 0 Å². The molecular weight excluding hydrogens is 310 g/mol. The summed E-state index contributed by atoms with van der Waals surface area (Å²) < 4.78 is 50.4. The summed E-state index contributed by atoms with van der Waals surface area (Å²) in [6, 6.07) is 5.42. The quantitative estimate of drug-likeness (QED) is 0.914. The van der Waals surface area contributed by atoms with E-state index in [4.69, 9.17) is 0 Å². The van der Waals surface area contributed by atoms with E-state index < -0.39 is 19.9 Å². The largest absolute Gasteiger partial charge is 0.240 e. The zero-order valence-corrected chi connectivity index (χ0v) is 13.9. The van der Waals surface area contributed by atoms with Crippen LogP contribution in [0.4, 0.5) is 0 Å². The van der Waals surface area contributed by atoms with Crippen LogP contribution in [0, 0.1) is 5.92 Å². The van der Waals surface area contributed by atoms with Gasteiger partial charge in [0.1, 0.15) is 0 Å². The molecular formula is C14H21NO4S2. The zero-order valence-electron chi connectivity index (χ0n) is 12.2. The maximum absolute atomic E-state index is 12.4. The molecule has 1 N–H and O–H groups in total. The molecule has 0 bridgehead atoms. The second kappa shape index (κ2) is 6.06. The molecule has 7 heteroatoms. The van der Waals surface area contributed by atoms with Gasteiger partial charge in [-0.2, -0.15) is 0 Å². The van der Waals surface area contributed by atoms with E-state index in [0.29, 0.717) is 5.92 Å². The van der Waals surface area contributed by atoms with E-state index in [9.17, 15) is 16.8 Å². The van der Waals surface area contributed by atoms with E-state index >= 15 is 0 Å². The lowest BCUT2D eigenvalue weighted by Gasteiger charge is -2.26. The van der Waals surface area contributed by atoms with Crippen LogP contribution >= 0.6 is 0 Å². The van der Waals surface area contributed by atoms with Crippen LogP contribution in [0.5, 0.6) is 0 Å². The van der Waals surface area contributed by atoms with Crippen molar-refractivity contribution in [3.63, 3.8) is 0 Å². The third kappa shape index (κ3) is 4.28. The SMILES string of the molecule is CC1CCC(NS(=O)(=O)c2cccc(S(C)(=O)=O)c2)CC1. The summed E-state index contributed by atoms with van der Waals surface area (Å²) >= 11 is 0. The molecule has 1 saturated carbocycles. The average Bonchev–Trinajstić information content (AvgIpc) is 2.40. The second-order valence-corrected chi connectivity index (χ2v) is 9.55. The van der Waals surface area contributed by atoms with Gasteiger partial charge in [0.2, 0.25) is 10.0 Å². The number of sulfone groups is 1. The summed E-state index contributed by atoms with van der Waals surface area (Å²) in [5.74, 6) is 0.638. The summed E-state index contributed by atoms with van der Waals surface area (Å²) in [5, 5.41) is 0. The van der Waals surface area contributed by atoms with Crippen molar-refractivity contribution in [3.05, 3.63) is 24.3 Å². The van der Waals surface area contributed by atoms with Crippen LogP contribution in [0.1, 0.15) is 32.6 Å². The van der Waals surface area contributed by atoms with Crippen molar-refractivity contribution in [2.45, 2.75) is 48.4 Å². The van der Waals surface area contributed by atoms with Crippen molar-refractivity contribution in [1.29, 1.82) is 0 Å². The fourth-order valence-corrected chi connectivity index (χ4v) is 4.63. The second-order valence-electron chi connectivity index (χ2n) is 5.83. The Labute approximate surface area is 126 Å². The monoisotopic (exact) mass is 331 g/mol. The molecule has 1 fully saturated rings. The van der Waals surface area contributed by atoms with Crippen molar-refractivity contribution in [1.82, 2.24) is 4.72 Å². The molecule has 0 aliphatic heterocycles. The van der Waals surface area contributed by atoms with E-state index in [1.807, 2.05) is 0 Å². The average molecular weight is 331 g/mol. The van der Waals surface area contributed by atoms with Gasteiger partial charge in [-0.1, -0.05) is 13.0 Å². The highest BCUT2D eigenvalue weighted by molar-refractivity contribution is 7.91. The molecule has 2 rings (SSSR count). The van der Waals surface area contributed by atoms with Gasteiger partial charge in [0.15, 0.2) is 9.84 Å². The molecule has 1 aliphatic rings. The number of nitrogens with one attached hydrogen (secondary N) is 1. The van der Waals surface area contributed by atoms with Crippen LogP contribution in [-0.2, 0) is 19.9 Å². The Hall–Kier alpha value is -0.920. The number of benzene rings is 1. The fourth-order valence-electron chi connectivity index (χ4n) is 2.54. The van der Waals surface area contributed by atoms with Gasteiger partial charge in [-0.05, 0) is 49.8 Å². The molecule has 5 nitrogen and oxygen atoms in total. The van der Waals surface area contributed by atoms with Crippen LogP contribution in [0.2, 0.25) is 0 Å². The third-order valence-corrected chi connectivity index (χ3v) is 6.51. The van der Waals surface area contributed by atoms with Gasteiger partial charge < -0.3 is 0 Å². The van der Waals surface area contributed by atoms with Crippen LogP contribution < -0.4 is 4.72 Å². The highest BCUT2D eigenvalue weighted by Gasteiger charge is 2.24. The minimum Gasteiger partial charge on any atom is -0.224 e. The molecule has 0 heterocycles. The van der Waals surface area contributed by atoms with Gasteiger partial charge in [-0.25, -0.2) is 21.6 Å². The first-order valence-corrected chi connectivity index (χ1v) is 10.4. The van der Waals surface area contributed by atoms with Gasteiger partial charge in [-0.15, -0.1) is 0 Å². The predicted molar refractivity (Wildman–Crippen MR) is 81.3 cm³/mol. The Morgan fingerprint density at radius 2 is 1.57 bits per heavy atom.